The minimum atomic E-state index is -4.16. The highest BCUT2D eigenvalue weighted by atomic mass is 35.5. The molecular weight excluding hydrogens is 617 g/mol. The molecule has 4 aromatic carbocycles. The number of aryl methyl sites for hydroxylation is 1. The van der Waals surface area contributed by atoms with Crippen LogP contribution in [0.5, 0.6) is 0 Å². The molecule has 4 rings (SSSR count). The van der Waals surface area contributed by atoms with Crippen LogP contribution in [0.4, 0.5) is 5.69 Å². The summed E-state index contributed by atoms with van der Waals surface area (Å²) in [7, 11) is -4.16. The van der Waals surface area contributed by atoms with Crippen molar-refractivity contribution in [3.63, 3.8) is 0 Å². The molecule has 1 unspecified atom stereocenters. The van der Waals surface area contributed by atoms with Crippen LogP contribution < -0.4 is 9.62 Å². The van der Waals surface area contributed by atoms with Crippen molar-refractivity contribution in [2.24, 2.45) is 0 Å². The molecule has 0 aliphatic heterocycles. The maximum Gasteiger partial charge on any atom is 0.264 e. The van der Waals surface area contributed by atoms with Crippen molar-refractivity contribution < 1.29 is 18.0 Å². The molecule has 0 saturated heterocycles. The summed E-state index contributed by atoms with van der Waals surface area (Å²) in [6.45, 7) is 3.69. The van der Waals surface area contributed by atoms with Gasteiger partial charge in [0.1, 0.15) is 12.6 Å². The quantitative estimate of drug-likeness (QED) is 0.175. The predicted molar refractivity (Wildman–Crippen MR) is 176 cm³/mol. The summed E-state index contributed by atoms with van der Waals surface area (Å²) < 4.78 is 29.1. The van der Waals surface area contributed by atoms with Crippen LogP contribution in [0.25, 0.3) is 0 Å². The van der Waals surface area contributed by atoms with Crippen LogP contribution in [0.15, 0.2) is 108 Å². The average molecular weight is 653 g/mol. The Bertz CT molecular complexity index is 1690. The third-order valence-electron chi connectivity index (χ3n) is 7.06. The molecule has 0 aliphatic carbocycles. The van der Waals surface area contributed by atoms with E-state index in [1.54, 1.807) is 54.6 Å². The Kier molecular flexibility index (Phi) is 11.4. The summed E-state index contributed by atoms with van der Waals surface area (Å²) >= 11 is 12.5. The van der Waals surface area contributed by atoms with Gasteiger partial charge in [-0.25, -0.2) is 8.42 Å². The molecule has 1 atom stereocenters. The minimum absolute atomic E-state index is 0.000189. The number of rotatable bonds is 13. The highest BCUT2D eigenvalue weighted by Crippen LogP contribution is 2.27. The van der Waals surface area contributed by atoms with Gasteiger partial charge in [-0.2, -0.15) is 0 Å². The highest BCUT2D eigenvalue weighted by Gasteiger charge is 2.34. The summed E-state index contributed by atoms with van der Waals surface area (Å²) in [5.74, 6) is -0.887. The first-order valence-corrected chi connectivity index (χ1v) is 16.5. The lowest BCUT2D eigenvalue weighted by Gasteiger charge is -2.34. The fraction of sp³-hybridized carbons (Fsp3) is 0.235. The average Bonchev–Trinajstić information content (AvgIpc) is 3.02. The predicted octanol–water partition coefficient (Wildman–Crippen LogP) is 6.66. The zero-order valence-corrected chi connectivity index (χ0v) is 26.9. The van der Waals surface area contributed by atoms with Crippen molar-refractivity contribution in [3.05, 3.63) is 130 Å². The Morgan fingerprint density at radius 3 is 2.14 bits per heavy atom. The molecule has 0 fully saturated rings. The zero-order valence-electron chi connectivity index (χ0n) is 24.6. The first kappa shape index (κ1) is 33.1. The maximum absolute atomic E-state index is 14.4. The van der Waals surface area contributed by atoms with E-state index in [4.69, 9.17) is 23.2 Å². The molecule has 4 aromatic rings. The normalized spacial score (nSPS) is 11.9. The molecule has 0 bridgehead atoms. The molecule has 10 heteroatoms. The molecule has 0 saturated carbocycles. The van der Waals surface area contributed by atoms with Crippen LogP contribution in [-0.2, 0) is 32.6 Å². The Morgan fingerprint density at radius 2 is 1.50 bits per heavy atom. The first-order valence-electron chi connectivity index (χ1n) is 14.3. The van der Waals surface area contributed by atoms with Crippen LogP contribution in [0.1, 0.15) is 30.0 Å². The number of benzene rings is 4. The summed E-state index contributed by atoms with van der Waals surface area (Å²) in [6.07, 6.45) is 0.931. The van der Waals surface area contributed by atoms with Crippen LogP contribution in [0.3, 0.4) is 0 Å². The number of amides is 2. The van der Waals surface area contributed by atoms with Gasteiger partial charge in [-0.3, -0.25) is 13.9 Å². The SMILES string of the molecule is CCCNC(=O)C(Cc1ccccc1)N(Cc1ccc(Cl)c(Cl)c1)C(=O)CN(c1cccc(C)c1)S(=O)(=O)c1ccccc1. The Labute approximate surface area is 269 Å². The standard InChI is InChI=1S/C34H35Cl2N3O4S/c1-3-19-37-34(41)32(22-26-12-6-4-7-13-26)38(23-27-17-18-30(35)31(36)21-27)33(40)24-39(28-14-10-11-25(2)20-28)44(42,43)29-15-8-5-9-16-29/h4-18,20-21,32H,3,19,22-24H2,1-2H3,(H,37,41). The number of carbonyl (C=O) groups is 2. The number of nitrogens with one attached hydrogen (secondary N) is 1. The number of hydrogen-bond acceptors (Lipinski definition) is 4. The van der Waals surface area contributed by atoms with Gasteiger partial charge in [-0.1, -0.05) is 96.9 Å². The van der Waals surface area contributed by atoms with E-state index in [9.17, 15) is 18.0 Å². The van der Waals surface area contributed by atoms with Gasteiger partial charge in [-0.15, -0.1) is 0 Å². The van der Waals surface area contributed by atoms with E-state index in [2.05, 4.69) is 5.32 Å². The fourth-order valence-electron chi connectivity index (χ4n) is 4.79. The van der Waals surface area contributed by atoms with Crippen molar-refractivity contribution in [2.45, 2.75) is 44.2 Å². The number of nitrogens with zero attached hydrogens (tertiary/aromatic N) is 2. The van der Waals surface area contributed by atoms with Crippen molar-refractivity contribution in [1.82, 2.24) is 10.2 Å². The molecule has 7 nitrogen and oxygen atoms in total. The second kappa shape index (κ2) is 15.2. The van der Waals surface area contributed by atoms with Gasteiger partial charge >= 0.3 is 0 Å². The van der Waals surface area contributed by atoms with E-state index in [0.29, 0.717) is 34.3 Å². The molecule has 1 N–H and O–H groups in total. The van der Waals surface area contributed by atoms with E-state index < -0.39 is 28.5 Å². The second-order valence-electron chi connectivity index (χ2n) is 10.4. The zero-order chi connectivity index (χ0) is 31.7. The number of halogens is 2. The number of anilines is 1. The lowest BCUT2D eigenvalue weighted by Crippen LogP contribution is -2.53. The largest absolute Gasteiger partial charge is 0.354 e. The van der Waals surface area contributed by atoms with E-state index in [-0.39, 0.29) is 23.8 Å². The molecule has 0 aromatic heterocycles. The van der Waals surface area contributed by atoms with Crippen molar-refractivity contribution in [3.8, 4) is 0 Å². The fourth-order valence-corrected chi connectivity index (χ4v) is 6.53. The summed E-state index contributed by atoms with van der Waals surface area (Å²) in [5.41, 5.74) is 2.66. The molecular formula is C34H35Cl2N3O4S. The van der Waals surface area contributed by atoms with Crippen LogP contribution in [-0.4, -0.2) is 44.3 Å². The van der Waals surface area contributed by atoms with Crippen LogP contribution in [0.2, 0.25) is 10.0 Å². The Balaban J connectivity index is 1.80. The van der Waals surface area contributed by atoms with Crippen molar-refractivity contribution >= 4 is 50.7 Å². The molecule has 0 heterocycles. The van der Waals surface area contributed by atoms with Gasteiger partial charge < -0.3 is 10.2 Å². The Morgan fingerprint density at radius 1 is 0.818 bits per heavy atom. The van der Waals surface area contributed by atoms with E-state index >= 15 is 0 Å². The third kappa shape index (κ3) is 8.40. The monoisotopic (exact) mass is 651 g/mol. The molecule has 0 radical (unpaired) electrons. The van der Waals surface area contributed by atoms with Gasteiger partial charge in [0.05, 0.1) is 20.6 Å². The number of carbonyl (C=O) groups excluding carboxylic acids is 2. The van der Waals surface area contributed by atoms with E-state index in [1.165, 1.54) is 17.0 Å². The van der Waals surface area contributed by atoms with E-state index in [0.717, 1.165) is 15.4 Å². The molecule has 2 amide bonds. The van der Waals surface area contributed by atoms with Gasteiger partial charge in [0.15, 0.2) is 0 Å². The van der Waals surface area contributed by atoms with Gasteiger partial charge in [0, 0.05) is 19.5 Å². The second-order valence-corrected chi connectivity index (χ2v) is 13.1. The summed E-state index contributed by atoms with van der Waals surface area (Å²) in [4.78, 5) is 29.6. The topological polar surface area (TPSA) is 86.8 Å². The third-order valence-corrected chi connectivity index (χ3v) is 9.58. The van der Waals surface area contributed by atoms with Gasteiger partial charge in [0.25, 0.3) is 10.0 Å². The molecule has 230 valence electrons. The minimum Gasteiger partial charge on any atom is -0.354 e. The first-order chi connectivity index (χ1) is 21.1. The van der Waals surface area contributed by atoms with E-state index in [1.807, 2.05) is 50.2 Å². The number of hydrogen-bond donors (Lipinski definition) is 1. The maximum atomic E-state index is 14.4. The van der Waals surface area contributed by atoms with Crippen molar-refractivity contribution in [1.29, 1.82) is 0 Å². The van der Waals surface area contributed by atoms with Gasteiger partial charge in [0.2, 0.25) is 11.8 Å². The smallest absolute Gasteiger partial charge is 0.264 e. The lowest BCUT2D eigenvalue weighted by atomic mass is 10.0. The van der Waals surface area contributed by atoms with Gasteiger partial charge in [-0.05, 0) is 66.4 Å². The lowest BCUT2D eigenvalue weighted by molar-refractivity contribution is -0.140. The molecule has 0 aliphatic rings. The summed E-state index contributed by atoms with van der Waals surface area (Å²) in [6, 6.07) is 28.4. The Hall–Kier alpha value is -3.85. The highest BCUT2D eigenvalue weighted by molar-refractivity contribution is 7.92. The number of sulfonamides is 1. The summed E-state index contributed by atoms with van der Waals surface area (Å²) in [5, 5.41) is 3.59. The van der Waals surface area contributed by atoms with Crippen LogP contribution >= 0.6 is 23.2 Å². The molecule has 44 heavy (non-hydrogen) atoms. The van der Waals surface area contributed by atoms with Crippen LogP contribution in [0, 0.1) is 6.92 Å². The van der Waals surface area contributed by atoms with Crippen molar-refractivity contribution in [2.75, 3.05) is 17.4 Å². The molecule has 0 spiro atoms.